The fourth-order valence-electron chi connectivity index (χ4n) is 3.81. The molecule has 0 bridgehead atoms. The Kier molecular flexibility index (Phi) is 5.56. The van der Waals surface area contributed by atoms with Crippen LogP contribution >= 0.6 is 0 Å². The number of ether oxygens (including phenoxy) is 1. The molecule has 1 aliphatic carbocycles. The molecule has 0 aromatic carbocycles. The number of carboxylic acid groups (broad SMARTS) is 1. The van der Waals surface area contributed by atoms with Crippen molar-refractivity contribution in [2.45, 2.75) is 51.2 Å². The molecule has 2 aliphatic rings. The van der Waals surface area contributed by atoms with Gasteiger partial charge < -0.3 is 19.2 Å². The summed E-state index contributed by atoms with van der Waals surface area (Å²) in [6.07, 6.45) is 6.60. The van der Waals surface area contributed by atoms with E-state index in [9.17, 15) is 14.7 Å². The maximum atomic E-state index is 13.1. The summed E-state index contributed by atoms with van der Waals surface area (Å²) in [6, 6.07) is 3.63. The van der Waals surface area contributed by atoms with Crippen LogP contribution in [0.4, 0.5) is 0 Å². The Balaban J connectivity index is 1.74. The number of rotatable bonds is 6. The maximum absolute atomic E-state index is 13.1. The van der Waals surface area contributed by atoms with Gasteiger partial charge in [0.1, 0.15) is 5.76 Å². The number of furan rings is 1. The molecule has 1 aromatic heterocycles. The number of carbonyl (C=O) groups excluding carboxylic acids is 1. The van der Waals surface area contributed by atoms with E-state index in [0.717, 1.165) is 32.3 Å². The van der Waals surface area contributed by atoms with Gasteiger partial charge in [-0.1, -0.05) is 12.8 Å². The van der Waals surface area contributed by atoms with Gasteiger partial charge in [0.15, 0.2) is 0 Å². The Labute approximate surface area is 141 Å². The van der Waals surface area contributed by atoms with E-state index in [1.54, 1.807) is 17.2 Å². The summed E-state index contributed by atoms with van der Waals surface area (Å²) in [5, 5.41) is 9.47. The van der Waals surface area contributed by atoms with Crippen LogP contribution in [0.2, 0.25) is 0 Å². The van der Waals surface area contributed by atoms with E-state index in [-0.39, 0.29) is 12.0 Å². The van der Waals surface area contributed by atoms with Crippen LogP contribution in [0.5, 0.6) is 0 Å². The lowest BCUT2D eigenvalue weighted by Crippen LogP contribution is -2.44. The van der Waals surface area contributed by atoms with Crippen molar-refractivity contribution < 1.29 is 23.8 Å². The number of carbonyl (C=O) groups is 2. The molecule has 3 rings (SSSR count). The summed E-state index contributed by atoms with van der Waals surface area (Å²) in [6.45, 7) is 1.60. The molecule has 0 radical (unpaired) electrons. The van der Waals surface area contributed by atoms with E-state index < -0.39 is 17.8 Å². The second-order valence-corrected chi connectivity index (χ2v) is 6.77. The minimum Gasteiger partial charge on any atom is -0.481 e. The molecule has 0 spiro atoms. The van der Waals surface area contributed by atoms with Crippen molar-refractivity contribution in [3.8, 4) is 0 Å². The summed E-state index contributed by atoms with van der Waals surface area (Å²) in [7, 11) is 0. The standard InChI is InChI=1S/C18H25NO5/c20-17(15-7-1-2-8-16(15)18(21)22)19(11-13-5-3-9-23-13)12-14-6-4-10-24-14/h3,5,9,14-16H,1-2,4,6-8,10-12H2,(H,21,22). The number of hydrogen-bond donors (Lipinski definition) is 1. The summed E-state index contributed by atoms with van der Waals surface area (Å²) < 4.78 is 11.1. The Morgan fingerprint density at radius 3 is 2.58 bits per heavy atom. The maximum Gasteiger partial charge on any atom is 0.307 e. The first-order valence-electron chi connectivity index (χ1n) is 8.80. The molecule has 1 amide bonds. The van der Waals surface area contributed by atoms with Crippen LogP contribution in [-0.2, 0) is 20.9 Å². The van der Waals surface area contributed by atoms with Gasteiger partial charge in [0, 0.05) is 13.2 Å². The first-order valence-corrected chi connectivity index (χ1v) is 8.80. The molecule has 3 unspecified atom stereocenters. The third-order valence-electron chi connectivity index (χ3n) is 5.09. The van der Waals surface area contributed by atoms with E-state index >= 15 is 0 Å². The Hall–Kier alpha value is -1.82. The first-order chi connectivity index (χ1) is 11.6. The molecule has 1 N–H and O–H groups in total. The Bertz CT molecular complexity index is 550. The van der Waals surface area contributed by atoms with Gasteiger partial charge in [-0.15, -0.1) is 0 Å². The third-order valence-corrected chi connectivity index (χ3v) is 5.09. The number of nitrogens with zero attached hydrogens (tertiary/aromatic N) is 1. The van der Waals surface area contributed by atoms with Gasteiger partial charge in [0.25, 0.3) is 0 Å². The van der Waals surface area contributed by atoms with Crippen molar-refractivity contribution in [2.24, 2.45) is 11.8 Å². The molecule has 1 aliphatic heterocycles. The molecular formula is C18H25NO5. The largest absolute Gasteiger partial charge is 0.481 e. The highest BCUT2D eigenvalue weighted by Gasteiger charge is 2.38. The zero-order valence-corrected chi connectivity index (χ0v) is 13.9. The molecule has 24 heavy (non-hydrogen) atoms. The van der Waals surface area contributed by atoms with Crippen LogP contribution in [-0.4, -0.2) is 41.1 Å². The lowest BCUT2D eigenvalue weighted by molar-refractivity contribution is -0.153. The highest BCUT2D eigenvalue weighted by atomic mass is 16.5. The quantitative estimate of drug-likeness (QED) is 0.864. The molecule has 2 heterocycles. The third kappa shape index (κ3) is 3.98. The van der Waals surface area contributed by atoms with Gasteiger partial charge in [-0.25, -0.2) is 0 Å². The second kappa shape index (κ2) is 7.83. The van der Waals surface area contributed by atoms with Crippen molar-refractivity contribution >= 4 is 11.9 Å². The molecule has 6 heteroatoms. The van der Waals surface area contributed by atoms with Gasteiger partial charge in [-0.05, 0) is 37.8 Å². The van der Waals surface area contributed by atoms with Crippen molar-refractivity contribution in [2.75, 3.05) is 13.2 Å². The first kappa shape index (κ1) is 17.0. The predicted octanol–water partition coefficient (Wildman–Crippen LogP) is 2.68. The Morgan fingerprint density at radius 1 is 1.17 bits per heavy atom. The van der Waals surface area contributed by atoms with Crippen LogP contribution < -0.4 is 0 Å². The van der Waals surface area contributed by atoms with Crippen LogP contribution in [0, 0.1) is 11.8 Å². The van der Waals surface area contributed by atoms with Crippen molar-refractivity contribution in [1.82, 2.24) is 4.90 Å². The highest BCUT2D eigenvalue weighted by Crippen LogP contribution is 2.32. The van der Waals surface area contributed by atoms with E-state index in [2.05, 4.69) is 0 Å². The minimum absolute atomic E-state index is 0.0378. The highest BCUT2D eigenvalue weighted by molar-refractivity contribution is 5.85. The van der Waals surface area contributed by atoms with Crippen LogP contribution in [0.1, 0.15) is 44.3 Å². The van der Waals surface area contributed by atoms with Gasteiger partial charge >= 0.3 is 5.97 Å². The van der Waals surface area contributed by atoms with Crippen molar-refractivity contribution in [3.05, 3.63) is 24.2 Å². The van der Waals surface area contributed by atoms with Crippen LogP contribution in [0.25, 0.3) is 0 Å². The molecular weight excluding hydrogens is 310 g/mol. The molecule has 1 saturated carbocycles. The van der Waals surface area contributed by atoms with Crippen LogP contribution in [0.15, 0.2) is 22.8 Å². The molecule has 132 valence electrons. The number of aliphatic carboxylic acids is 1. The number of amides is 1. The monoisotopic (exact) mass is 335 g/mol. The smallest absolute Gasteiger partial charge is 0.307 e. The lowest BCUT2D eigenvalue weighted by Gasteiger charge is -2.33. The predicted molar refractivity (Wildman–Crippen MR) is 86.2 cm³/mol. The van der Waals surface area contributed by atoms with E-state index in [1.165, 1.54) is 0 Å². The van der Waals surface area contributed by atoms with Crippen molar-refractivity contribution in [1.29, 1.82) is 0 Å². The molecule has 3 atom stereocenters. The summed E-state index contributed by atoms with van der Waals surface area (Å²) in [5.74, 6) is -1.23. The topological polar surface area (TPSA) is 80.0 Å². The van der Waals surface area contributed by atoms with Crippen LogP contribution in [0.3, 0.4) is 0 Å². The fraction of sp³-hybridized carbons (Fsp3) is 0.667. The molecule has 2 fully saturated rings. The normalized spacial score (nSPS) is 27.1. The van der Waals surface area contributed by atoms with Gasteiger partial charge in [0.2, 0.25) is 5.91 Å². The SMILES string of the molecule is O=C(O)C1CCCCC1C(=O)N(Cc1ccco1)CC1CCCO1. The molecule has 6 nitrogen and oxygen atoms in total. The summed E-state index contributed by atoms with van der Waals surface area (Å²) in [5.41, 5.74) is 0. The number of carboxylic acids is 1. The second-order valence-electron chi connectivity index (χ2n) is 6.77. The minimum atomic E-state index is -0.858. The van der Waals surface area contributed by atoms with Gasteiger partial charge in [-0.2, -0.15) is 0 Å². The van der Waals surface area contributed by atoms with Gasteiger partial charge in [-0.3, -0.25) is 9.59 Å². The molecule has 1 saturated heterocycles. The number of hydrogen-bond acceptors (Lipinski definition) is 4. The Morgan fingerprint density at radius 2 is 1.96 bits per heavy atom. The average Bonchev–Trinajstić information content (AvgIpc) is 3.27. The zero-order chi connectivity index (χ0) is 16.9. The zero-order valence-electron chi connectivity index (χ0n) is 13.9. The van der Waals surface area contributed by atoms with Crippen molar-refractivity contribution in [3.63, 3.8) is 0 Å². The van der Waals surface area contributed by atoms with E-state index in [4.69, 9.17) is 9.15 Å². The molecule has 1 aromatic rings. The fourth-order valence-corrected chi connectivity index (χ4v) is 3.81. The average molecular weight is 335 g/mol. The summed E-state index contributed by atoms with van der Waals surface area (Å²) >= 11 is 0. The summed E-state index contributed by atoms with van der Waals surface area (Å²) in [4.78, 5) is 26.4. The van der Waals surface area contributed by atoms with E-state index in [1.807, 2.05) is 6.07 Å². The van der Waals surface area contributed by atoms with E-state index in [0.29, 0.717) is 31.7 Å². The lowest BCUT2D eigenvalue weighted by atomic mass is 9.78. The van der Waals surface area contributed by atoms with Gasteiger partial charge in [0.05, 0.1) is 30.7 Å².